The van der Waals surface area contributed by atoms with Crippen LogP contribution in [0.1, 0.15) is 24.1 Å². The molecule has 2 N–H and O–H groups in total. The fourth-order valence-electron chi connectivity index (χ4n) is 2.27. The van der Waals surface area contributed by atoms with Crippen LogP contribution in [-0.2, 0) is 6.42 Å². The Bertz CT molecular complexity index is 623. The molecule has 1 aliphatic carbocycles. The zero-order chi connectivity index (χ0) is 15.4. The van der Waals surface area contributed by atoms with E-state index in [1.807, 2.05) is 25.1 Å². The van der Waals surface area contributed by atoms with Gasteiger partial charge in [-0.2, -0.15) is 4.98 Å². The highest BCUT2D eigenvalue weighted by molar-refractivity contribution is 5.43. The summed E-state index contributed by atoms with van der Waals surface area (Å²) >= 11 is 0. The van der Waals surface area contributed by atoms with Gasteiger partial charge in [-0.15, -0.1) is 0 Å². The van der Waals surface area contributed by atoms with Crippen molar-refractivity contribution in [2.45, 2.75) is 32.2 Å². The predicted molar refractivity (Wildman–Crippen MR) is 88.6 cm³/mol. The second kappa shape index (κ2) is 6.64. The molecule has 0 bridgehead atoms. The van der Waals surface area contributed by atoms with Gasteiger partial charge in [-0.05, 0) is 43.9 Å². The number of ether oxygens (including phenoxy) is 1. The van der Waals surface area contributed by atoms with Crippen LogP contribution in [0.25, 0.3) is 0 Å². The predicted octanol–water partition coefficient (Wildman–Crippen LogP) is 3.02. The summed E-state index contributed by atoms with van der Waals surface area (Å²) in [6, 6.07) is 10.7. The van der Waals surface area contributed by atoms with Crippen LogP contribution < -0.4 is 15.4 Å². The van der Waals surface area contributed by atoms with Crippen molar-refractivity contribution in [1.29, 1.82) is 0 Å². The Morgan fingerprint density at radius 1 is 1.18 bits per heavy atom. The summed E-state index contributed by atoms with van der Waals surface area (Å²) in [4.78, 5) is 8.96. The highest BCUT2D eigenvalue weighted by Gasteiger charge is 2.21. The number of methoxy groups -OCH3 is 1. The number of benzene rings is 1. The third-order valence-electron chi connectivity index (χ3n) is 3.64. The molecule has 1 saturated carbocycles. The topological polar surface area (TPSA) is 59.1 Å². The van der Waals surface area contributed by atoms with E-state index in [9.17, 15) is 0 Å². The Labute approximate surface area is 131 Å². The molecular weight excluding hydrogens is 276 g/mol. The molecule has 3 rings (SSSR count). The number of aromatic nitrogens is 2. The Morgan fingerprint density at radius 3 is 2.64 bits per heavy atom. The molecule has 0 aliphatic heterocycles. The Kier molecular flexibility index (Phi) is 4.42. The fraction of sp³-hybridized carbons (Fsp3) is 0.412. The molecule has 22 heavy (non-hydrogen) atoms. The first kappa shape index (κ1) is 14.6. The van der Waals surface area contributed by atoms with Crippen molar-refractivity contribution in [3.05, 3.63) is 41.6 Å². The van der Waals surface area contributed by atoms with Gasteiger partial charge in [0, 0.05) is 24.3 Å². The molecule has 0 spiro atoms. The van der Waals surface area contributed by atoms with Gasteiger partial charge < -0.3 is 15.4 Å². The summed E-state index contributed by atoms with van der Waals surface area (Å²) in [5, 5.41) is 6.72. The molecule has 116 valence electrons. The van der Waals surface area contributed by atoms with E-state index in [1.54, 1.807) is 7.11 Å². The van der Waals surface area contributed by atoms with Crippen LogP contribution in [0.15, 0.2) is 30.3 Å². The van der Waals surface area contributed by atoms with Gasteiger partial charge in [0.25, 0.3) is 0 Å². The Morgan fingerprint density at radius 2 is 1.95 bits per heavy atom. The van der Waals surface area contributed by atoms with Gasteiger partial charge in [0.2, 0.25) is 5.95 Å². The first-order valence-corrected chi connectivity index (χ1v) is 7.72. The van der Waals surface area contributed by atoms with E-state index in [1.165, 1.54) is 18.4 Å². The van der Waals surface area contributed by atoms with Crippen molar-refractivity contribution < 1.29 is 4.74 Å². The average molecular weight is 298 g/mol. The van der Waals surface area contributed by atoms with Crippen LogP contribution in [0.3, 0.4) is 0 Å². The minimum atomic E-state index is 0.599. The zero-order valence-electron chi connectivity index (χ0n) is 13.1. The number of nitrogens with zero attached hydrogens (tertiary/aromatic N) is 2. The highest BCUT2D eigenvalue weighted by atomic mass is 16.5. The van der Waals surface area contributed by atoms with Crippen LogP contribution in [0.4, 0.5) is 11.8 Å². The maximum atomic E-state index is 5.16. The van der Waals surface area contributed by atoms with Crippen LogP contribution in [0.2, 0.25) is 0 Å². The molecule has 1 heterocycles. The number of aryl methyl sites for hydroxylation is 1. The van der Waals surface area contributed by atoms with Crippen LogP contribution in [-0.4, -0.2) is 29.7 Å². The average Bonchev–Trinajstić information content (AvgIpc) is 3.31. The number of anilines is 2. The number of hydrogen-bond donors (Lipinski definition) is 2. The summed E-state index contributed by atoms with van der Waals surface area (Å²) in [6.45, 7) is 2.80. The third-order valence-corrected chi connectivity index (χ3v) is 3.64. The van der Waals surface area contributed by atoms with E-state index in [0.717, 1.165) is 30.2 Å². The van der Waals surface area contributed by atoms with Gasteiger partial charge in [-0.3, -0.25) is 0 Å². The molecule has 0 unspecified atom stereocenters. The van der Waals surface area contributed by atoms with E-state index < -0.39 is 0 Å². The largest absolute Gasteiger partial charge is 0.497 e. The lowest BCUT2D eigenvalue weighted by Gasteiger charge is -2.09. The molecule has 0 radical (unpaired) electrons. The van der Waals surface area contributed by atoms with E-state index >= 15 is 0 Å². The fourth-order valence-corrected chi connectivity index (χ4v) is 2.27. The van der Waals surface area contributed by atoms with Gasteiger partial charge in [-0.1, -0.05) is 12.1 Å². The maximum Gasteiger partial charge on any atom is 0.224 e. The lowest BCUT2D eigenvalue weighted by atomic mass is 10.1. The minimum absolute atomic E-state index is 0.599. The van der Waals surface area contributed by atoms with Gasteiger partial charge in [0.05, 0.1) is 7.11 Å². The second-order valence-corrected chi connectivity index (χ2v) is 5.66. The molecule has 1 aromatic heterocycles. The van der Waals surface area contributed by atoms with Crippen molar-refractivity contribution in [1.82, 2.24) is 9.97 Å². The van der Waals surface area contributed by atoms with Crippen LogP contribution in [0.5, 0.6) is 5.75 Å². The van der Waals surface area contributed by atoms with E-state index in [-0.39, 0.29) is 0 Å². The van der Waals surface area contributed by atoms with Crippen LogP contribution in [0, 0.1) is 6.92 Å². The normalized spacial score (nSPS) is 13.7. The summed E-state index contributed by atoms with van der Waals surface area (Å²) in [5.41, 5.74) is 2.24. The molecular formula is C17H22N4O. The zero-order valence-corrected chi connectivity index (χ0v) is 13.1. The summed E-state index contributed by atoms with van der Waals surface area (Å²) in [6.07, 6.45) is 3.40. The van der Waals surface area contributed by atoms with Crippen molar-refractivity contribution in [2.75, 3.05) is 24.3 Å². The van der Waals surface area contributed by atoms with Crippen molar-refractivity contribution in [3.8, 4) is 5.75 Å². The molecule has 1 fully saturated rings. The lowest BCUT2D eigenvalue weighted by Crippen LogP contribution is -2.11. The minimum Gasteiger partial charge on any atom is -0.497 e. The number of hydrogen-bond acceptors (Lipinski definition) is 5. The molecule has 0 saturated heterocycles. The molecule has 1 aliphatic rings. The van der Waals surface area contributed by atoms with Crippen LogP contribution >= 0.6 is 0 Å². The number of rotatable bonds is 7. The van der Waals surface area contributed by atoms with E-state index in [4.69, 9.17) is 4.74 Å². The van der Waals surface area contributed by atoms with Gasteiger partial charge in [-0.25, -0.2) is 4.98 Å². The van der Waals surface area contributed by atoms with Gasteiger partial charge in [0.15, 0.2) is 0 Å². The first-order valence-electron chi connectivity index (χ1n) is 7.72. The van der Waals surface area contributed by atoms with Gasteiger partial charge >= 0.3 is 0 Å². The SMILES string of the molecule is COc1ccc(CCNc2nc(C)cc(NC3CC3)n2)cc1. The van der Waals surface area contributed by atoms with Crippen molar-refractivity contribution >= 4 is 11.8 Å². The molecule has 0 amide bonds. The molecule has 5 nitrogen and oxygen atoms in total. The first-order chi connectivity index (χ1) is 10.7. The summed E-state index contributed by atoms with van der Waals surface area (Å²) < 4.78 is 5.16. The Balaban J connectivity index is 1.54. The lowest BCUT2D eigenvalue weighted by molar-refractivity contribution is 0.414. The molecule has 2 aromatic rings. The van der Waals surface area contributed by atoms with Gasteiger partial charge in [0.1, 0.15) is 11.6 Å². The molecule has 1 aromatic carbocycles. The van der Waals surface area contributed by atoms with Crippen molar-refractivity contribution in [3.63, 3.8) is 0 Å². The second-order valence-electron chi connectivity index (χ2n) is 5.66. The standard InChI is InChI=1S/C17H22N4O/c1-12-11-16(20-14-5-6-14)21-17(19-12)18-10-9-13-3-7-15(22-2)8-4-13/h3-4,7-8,11,14H,5-6,9-10H2,1-2H3,(H2,18,19,20,21). The third kappa shape index (κ3) is 4.10. The number of nitrogens with one attached hydrogen (secondary N) is 2. The van der Waals surface area contributed by atoms with E-state index in [0.29, 0.717) is 12.0 Å². The summed E-state index contributed by atoms with van der Waals surface area (Å²) in [5.74, 6) is 2.49. The maximum absolute atomic E-state index is 5.16. The van der Waals surface area contributed by atoms with E-state index in [2.05, 4.69) is 32.7 Å². The molecule has 0 atom stereocenters. The van der Waals surface area contributed by atoms with Crippen molar-refractivity contribution in [2.24, 2.45) is 0 Å². The molecule has 5 heteroatoms. The quantitative estimate of drug-likeness (QED) is 0.823. The monoisotopic (exact) mass is 298 g/mol. The smallest absolute Gasteiger partial charge is 0.224 e. The summed E-state index contributed by atoms with van der Waals surface area (Å²) in [7, 11) is 1.68. The highest BCUT2D eigenvalue weighted by Crippen LogP contribution is 2.24. The Hall–Kier alpha value is -2.30.